The Morgan fingerprint density at radius 1 is 1.06 bits per heavy atom. The Labute approximate surface area is 198 Å². The Hall–Kier alpha value is -2.29. The minimum atomic E-state index is -5.32. The highest BCUT2D eigenvalue weighted by Gasteiger charge is 2.46. The van der Waals surface area contributed by atoms with E-state index in [1.165, 1.54) is 10.9 Å². The molecule has 7 N–H and O–H groups in total. The summed E-state index contributed by atoms with van der Waals surface area (Å²) < 4.78 is 37.6. The third-order valence-electron chi connectivity index (χ3n) is 5.20. The van der Waals surface area contributed by atoms with Crippen molar-refractivity contribution in [1.29, 1.82) is 0 Å². The lowest BCUT2D eigenvalue weighted by molar-refractivity contribution is -0.0503. The SMILES string of the molecule is Nc1nc(CCc2ccccc2)nc2c1ncn2[C@@H]1O[C@H](COP(=O)(O)OP(=O)(O)O)[C@@H](O)[C@H]1O. The number of hydrogen-bond donors (Lipinski definition) is 6. The first-order valence-electron chi connectivity index (χ1n) is 10.2. The minimum absolute atomic E-state index is 0.112. The molecule has 1 saturated heterocycles. The summed E-state index contributed by atoms with van der Waals surface area (Å²) in [6.45, 7) is -0.825. The number of nitrogens with two attached hydrogens (primary N) is 1. The fourth-order valence-electron chi connectivity index (χ4n) is 3.61. The molecule has 17 heteroatoms. The van der Waals surface area contributed by atoms with E-state index in [9.17, 15) is 24.2 Å². The smallest absolute Gasteiger partial charge is 0.387 e. The van der Waals surface area contributed by atoms with E-state index >= 15 is 0 Å². The van der Waals surface area contributed by atoms with Gasteiger partial charge in [-0.3, -0.25) is 9.09 Å². The summed E-state index contributed by atoms with van der Waals surface area (Å²) >= 11 is 0. The summed E-state index contributed by atoms with van der Waals surface area (Å²) in [5.41, 5.74) is 7.59. The Bertz CT molecular complexity index is 1290. The zero-order valence-electron chi connectivity index (χ0n) is 17.9. The lowest BCUT2D eigenvalue weighted by atomic mass is 10.1. The van der Waals surface area contributed by atoms with Crippen molar-refractivity contribution in [2.45, 2.75) is 37.4 Å². The van der Waals surface area contributed by atoms with Crippen LogP contribution in [0.2, 0.25) is 0 Å². The van der Waals surface area contributed by atoms with E-state index in [1.54, 1.807) is 0 Å². The van der Waals surface area contributed by atoms with Gasteiger partial charge in [0.05, 0.1) is 12.9 Å². The molecule has 2 aromatic heterocycles. The van der Waals surface area contributed by atoms with Crippen LogP contribution in [0.3, 0.4) is 0 Å². The van der Waals surface area contributed by atoms with Gasteiger partial charge in [-0.05, 0) is 12.0 Å². The van der Waals surface area contributed by atoms with Crippen molar-refractivity contribution in [3.8, 4) is 0 Å². The third kappa shape index (κ3) is 6.11. The number of imidazole rings is 1. The van der Waals surface area contributed by atoms with E-state index in [4.69, 9.17) is 20.3 Å². The summed E-state index contributed by atoms with van der Waals surface area (Å²) in [4.78, 5) is 39.7. The van der Waals surface area contributed by atoms with Gasteiger partial charge in [0.25, 0.3) is 0 Å². The van der Waals surface area contributed by atoms with Gasteiger partial charge in [0.2, 0.25) is 0 Å². The Morgan fingerprint density at radius 2 is 1.77 bits per heavy atom. The van der Waals surface area contributed by atoms with E-state index in [-0.39, 0.29) is 17.0 Å². The Balaban J connectivity index is 1.51. The van der Waals surface area contributed by atoms with Crippen LogP contribution < -0.4 is 5.73 Å². The number of phosphoric ester groups is 1. The van der Waals surface area contributed by atoms with Crippen molar-refractivity contribution in [3.63, 3.8) is 0 Å². The molecular weight excluding hydrogens is 508 g/mol. The van der Waals surface area contributed by atoms with Gasteiger partial charge in [0.15, 0.2) is 17.7 Å². The van der Waals surface area contributed by atoms with Crippen LogP contribution in [0, 0.1) is 0 Å². The van der Waals surface area contributed by atoms with Crippen LogP contribution >= 0.6 is 15.6 Å². The molecule has 190 valence electrons. The maximum Gasteiger partial charge on any atom is 0.481 e. The maximum absolute atomic E-state index is 11.7. The van der Waals surface area contributed by atoms with Crippen LogP contribution in [-0.4, -0.2) is 69.3 Å². The van der Waals surface area contributed by atoms with Crippen LogP contribution in [0.25, 0.3) is 11.2 Å². The van der Waals surface area contributed by atoms with Gasteiger partial charge in [-0.25, -0.2) is 24.1 Å². The van der Waals surface area contributed by atoms with Gasteiger partial charge in [0.1, 0.15) is 29.7 Å². The molecule has 15 nitrogen and oxygen atoms in total. The summed E-state index contributed by atoms with van der Waals surface area (Å²) in [6.07, 6.45) is -3.32. The van der Waals surface area contributed by atoms with Gasteiger partial charge in [0, 0.05) is 6.42 Å². The van der Waals surface area contributed by atoms with Gasteiger partial charge >= 0.3 is 15.6 Å². The number of hydrogen-bond acceptors (Lipinski definition) is 11. The highest BCUT2D eigenvalue weighted by atomic mass is 31.3. The number of phosphoric acid groups is 2. The molecule has 0 bridgehead atoms. The molecule has 1 aliphatic rings. The van der Waals surface area contributed by atoms with Crippen molar-refractivity contribution in [2.75, 3.05) is 12.3 Å². The second-order valence-electron chi connectivity index (χ2n) is 7.72. The standard InChI is InChI=1S/C18H23N5O10P2/c19-16-13-17(22-12(21-16)7-6-10-4-2-1-3-5-10)23(9-20-13)18-15(25)14(24)11(32-18)8-31-35(29,30)33-34(26,27)28/h1-5,9,11,14-15,18,24-25H,6-8H2,(H,29,30)(H2,19,21,22)(H2,26,27,28)/t11-,14-,15-,18-/m1/s1. The fraction of sp³-hybridized carbons (Fsp3) is 0.389. The molecule has 1 fully saturated rings. The fourth-order valence-corrected chi connectivity index (χ4v) is 5.21. The predicted molar refractivity (Wildman–Crippen MR) is 118 cm³/mol. The molecule has 1 unspecified atom stereocenters. The van der Waals surface area contributed by atoms with Gasteiger partial charge in [-0.15, -0.1) is 0 Å². The van der Waals surface area contributed by atoms with Gasteiger partial charge in [-0.2, -0.15) is 4.31 Å². The Morgan fingerprint density at radius 3 is 2.46 bits per heavy atom. The number of fused-ring (bicyclic) bond motifs is 1. The quantitative estimate of drug-likeness (QED) is 0.200. The third-order valence-corrected chi connectivity index (χ3v) is 7.35. The molecule has 35 heavy (non-hydrogen) atoms. The number of ether oxygens (including phenoxy) is 1. The number of nitrogens with zero attached hydrogens (tertiary/aromatic N) is 4. The lowest BCUT2D eigenvalue weighted by Crippen LogP contribution is -2.33. The predicted octanol–water partition coefficient (Wildman–Crippen LogP) is 0.0392. The second kappa shape index (κ2) is 9.99. The van der Waals surface area contributed by atoms with Crippen molar-refractivity contribution in [1.82, 2.24) is 19.5 Å². The molecule has 4 rings (SSSR count). The van der Waals surface area contributed by atoms with E-state index in [0.717, 1.165) is 5.56 Å². The molecule has 0 amide bonds. The molecule has 5 atom stereocenters. The monoisotopic (exact) mass is 531 g/mol. The highest BCUT2D eigenvalue weighted by molar-refractivity contribution is 7.60. The number of aliphatic hydroxyl groups is 2. The van der Waals surface area contributed by atoms with E-state index in [0.29, 0.717) is 18.7 Å². The van der Waals surface area contributed by atoms with E-state index in [1.807, 2.05) is 30.3 Å². The number of aromatic nitrogens is 4. The van der Waals surface area contributed by atoms with Crippen LogP contribution in [0.4, 0.5) is 5.82 Å². The van der Waals surface area contributed by atoms with Crippen molar-refractivity contribution >= 4 is 32.6 Å². The Kier molecular flexibility index (Phi) is 7.36. The molecule has 0 spiro atoms. The molecule has 1 aliphatic heterocycles. The normalized spacial score (nSPS) is 24.6. The lowest BCUT2D eigenvalue weighted by Gasteiger charge is -2.17. The van der Waals surface area contributed by atoms with Crippen LogP contribution in [0.5, 0.6) is 0 Å². The zero-order valence-corrected chi connectivity index (χ0v) is 19.7. The van der Waals surface area contributed by atoms with Crippen molar-refractivity contribution in [3.05, 3.63) is 48.0 Å². The van der Waals surface area contributed by atoms with Crippen LogP contribution in [0.15, 0.2) is 36.7 Å². The summed E-state index contributed by atoms with van der Waals surface area (Å²) in [5.74, 6) is 0.532. The average Bonchev–Trinajstić information content (AvgIpc) is 3.31. The van der Waals surface area contributed by atoms with E-state index < -0.39 is 46.8 Å². The first-order valence-corrected chi connectivity index (χ1v) is 13.2. The number of anilines is 1. The summed E-state index contributed by atoms with van der Waals surface area (Å²) in [5, 5.41) is 20.9. The first-order chi connectivity index (χ1) is 16.4. The minimum Gasteiger partial charge on any atom is -0.387 e. The molecule has 3 heterocycles. The largest absolute Gasteiger partial charge is 0.481 e. The average molecular weight is 531 g/mol. The number of aliphatic hydroxyl groups excluding tert-OH is 2. The molecule has 1 aromatic carbocycles. The first kappa shape index (κ1) is 25.8. The van der Waals surface area contributed by atoms with Gasteiger partial charge in [-0.1, -0.05) is 30.3 Å². The summed E-state index contributed by atoms with van der Waals surface area (Å²) in [6, 6.07) is 9.68. The number of nitrogen functional groups attached to an aromatic ring is 1. The topological polar surface area (TPSA) is 233 Å². The van der Waals surface area contributed by atoms with E-state index in [2.05, 4.69) is 23.8 Å². The van der Waals surface area contributed by atoms with Crippen molar-refractivity contribution < 1.29 is 47.6 Å². The second-order valence-corrected chi connectivity index (χ2v) is 10.5. The van der Waals surface area contributed by atoms with Crippen LogP contribution in [-0.2, 0) is 35.5 Å². The molecule has 0 aliphatic carbocycles. The van der Waals surface area contributed by atoms with Crippen LogP contribution in [0.1, 0.15) is 17.6 Å². The summed E-state index contributed by atoms with van der Waals surface area (Å²) in [7, 11) is -10.5. The van der Waals surface area contributed by atoms with Gasteiger partial charge < -0.3 is 35.4 Å². The zero-order chi connectivity index (χ0) is 25.4. The maximum atomic E-state index is 11.7. The number of rotatable bonds is 9. The molecule has 0 saturated carbocycles. The molecule has 3 aromatic rings. The number of benzene rings is 1. The van der Waals surface area contributed by atoms with Crippen molar-refractivity contribution in [2.24, 2.45) is 0 Å². The molecular formula is C18H23N5O10P2. The molecule has 0 radical (unpaired) electrons. The number of aryl methyl sites for hydroxylation is 2. The highest BCUT2D eigenvalue weighted by Crippen LogP contribution is 2.57.